The van der Waals surface area contributed by atoms with Crippen molar-refractivity contribution in [2.24, 2.45) is 0 Å². The highest BCUT2D eigenvalue weighted by Gasteiger charge is 2.23. The maximum atomic E-state index is 11.3. The third-order valence-corrected chi connectivity index (χ3v) is 4.10. The Morgan fingerprint density at radius 3 is 2.85 bits per heavy atom. The Balaban J connectivity index is 2.66. The van der Waals surface area contributed by atoms with Gasteiger partial charge in [-0.05, 0) is 13.3 Å². The lowest BCUT2D eigenvalue weighted by Gasteiger charge is -2.22. The van der Waals surface area contributed by atoms with Gasteiger partial charge in [-0.2, -0.15) is 5.26 Å². The molecule has 1 atom stereocenters. The monoisotopic (exact) mass is 202 g/mol. The van der Waals surface area contributed by atoms with Crippen LogP contribution < -0.4 is 0 Å². The predicted octanol–water partition coefficient (Wildman–Crippen LogP) is 0.0190. The fourth-order valence-corrected chi connectivity index (χ4v) is 2.85. The average molecular weight is 202 g/mol. The zero-order chi connectivity index (χ0) is 9.90. The lowest BCUT2D eigenvalue weighted by atomic mass is 10.2. The van der Waals surface area contributed by atoms with Crippen molar-refractivity contribution in [3.63, 3.8) is 0 Å². The minimum absolute atomic E-state index is 0.193. The summed E-state index contributed by atoms with van der Waals surface area (Å²) in [6.07, 6.45) is 0.643. The first-order valence-corrected chi connectivity index (χ1v) is 6.19. The Morgan fingerprint density at radius 2 is 2.23 bits per heavy atom. The SMILES string of the molecule is CC1CCS(=O)(=O)CCN1CC#N. The Labute approximate surface area is 79.1 Å². The molecule has 0 spiro atoms. The summed E-state index contributed by atoms with van der Waals surface area (Å²) >= 11 is 0. The van der Waals surface area contributed by atoms with Crippen molar-refractivity contribution in [3.05, 3.63) is 0 Å². The first-order valence-electron chi connectivity index (χ1n) is 4.36. The van der Waals surface area contributed by atoms with E-state index in [0.29, 0.717) is 19.5 Å². The number of hydrogen-bond acceptors (Lipinski definition) is 4. The Morgan fingerprint density at radius 1 is 1.54 bits per heavy atom. The molecule has 0 aromatic heterocycles. The van der Waals surface area contributed by atoms with Gasteiger partial charge in [0, 0.05) is 12.6 Å². The molecule has 0 aromatic rings. The molecule has 1 saturated heterocycles. The van der Waals surface area contributed by atoms with Gasteiger partial charge in [-0.3, -0.25) is 4.90 Å². The average Bonchev–Trinajstić information content (AvgIpc) is 2.18. The topological polar surface area (TPSA) is 61.2 Å². The highest BCUT2D eigenvalue weighted by molar-refractivity contribution is 7.91. The molecule has 1 unspecified atom stereocenters. The molecule has 13 heavy (non-hydrogen) atoms. The van der Waals surface area contributed by atoms with Crippen molar-refractivity contribution in [1.82, 2.24) is 4.90 Å². The number of hydrogen-bond donors (Lipinski definition) is 0. The third kappa shape index (κ3) is 2.98. The largest absolute Gasteiger partial charge is 0.287 e. The van der Waals surface area contributed by atoms with E-state index in [1.807, 2.05) is 11.8 Å². The van der Waals surface area contributed by atoms with Crippen LogP contribution >= 0.6 is 0 Å². The molecule has 1 rings (SSSR count). The molecule has 1 aliphatic rings. The lowest BCUT2D eigenvalue weighted by Crippen LogP contribution is -2.34. The van der Waals surface area contributed by atoms with Crippen molar-refractivity contribution in [1.29, 1.82) is 5.26 Å². The maximum absolute atomic E-state index is 11.3. The van der Waals surface area contributed by atoms with Crippen molar-refractivity contribution in [2.45, 2.75) is 19.4 Å². The van der Waals surface area contributed by atoms with Crippen LogP contribution in [0, 0.1) is 11.3 Å². The summed E-state index contributed by atoms with van der Waals surface area (Å²) in [6.45, 7) is 2.80. The van der Waals surface area contributed by atoms with Crippen LogP contribution in [-0.2, 0) is 9.84 Å². The number of nitrogens with zero attached hydrogens (tertiary/aromatic N) is 2. The van der Waals surface area contributed by atoms with Crippen LogP contribution in [0.25, 0.3) is 0 Å². The van der Waals surface area contributed by atoms with Crippen LogP contribution in [0.5, 0.6) is 0 Å². The molecule has 0 radical (unpaired) electrons. The zero-order valence-electron chi connectivity index (χ0n) is 7.73. The van der Waals surface area contributed by atoms with E-state index >= 15 is 0 Å². The van der Waals surface area contributed by atoms with Crippen LogP contribution in [0.1, 0.15) is 13.3 Å². The molecular formula is C8H14N2O2S. The molecule has 0 bridgehead atoms. The minimum Gasteiger partial charge on any atom is -0.287 e. The summed E-state index contributed by atoms with van der Waals surface area (Å²) in [5, 5.41) is 8.52. The molecule has 1 heterocycles. The first-order chi connectivity index (χ1) is 6.05. The molecule has 0 saturated carbocycles. The fourth-order valence-electron chi connectivity index (χ4n) is 1.44. The molecule has 0 N–H and O–H groups in total. The van der Waals surface area contributed by atoms with E-state index in [1.54, 1.807) is 0 Å². The first kappa shape index (κ1) is 10.5. The van der Waals surface area contributed by atoms with Gasteiger partial charge in [0.2, 0.25) is 0 Å². The summed E-state index contributed by atoms with van der Waals surface area (Å²) < 4.78 is 22.5. The van der Waals surface area contributed by atoms with E-state index in [4.69, 9.17) is 5.26 Å². The number of rotatable bonds is 1. The summed E-state index contributed by atoms with van der Waals surface area (Å²) in [5.74, 6) is 0.453. The highest BCUT2D eigenvalue weighted by atomic mass is 32.2. The second-order valence-corrected chi connectivity index (χ2v) is 5.72. The van der Waals surface area contributed by atoms with Crippen molar-refractivity contribution < 1.29 is 8.42 Å². The van der Waals surface area contributed by atoms with Gasteiger partial charge in [0.1, 0.15) is 0 Å². The molecule has 1 aliphatic heterocycles. The van der Waals surface area contributed by atoms with Gasteiger partial charge >= 0.3 is 0 Å². The van der Waals surface area contributed by atoms with E-state index in [9.17, 15) is 8.42 Å². The molecule has 0 amide bonds. The molecular weight excluding hydrogens is 188 g/mol. The third-order valence-electron chi connectivity index (χ3n) is 2.43. The Hall–Kier alpha value is -0.600. The lowest BCUT2D eigenvalue weighted by molar-refractivity contribution is 0.248. The Bertz CT molecular complexity index is 305. The normalized spacial score (nSPS) is 29.1. The van der Waals surface area contributed by atoms with Gasteiger partial charge in [-0.1, -0.05) is 0 Å². The summed E-state index contributed by atoms with van der Waals surface area (Å²) in [4.78, 5) is 1.92. The summed E-state index contributed by atoms with van der Waals surface area (Å²) in [7, 11) is -2.85. The van der Waals surface area contributed by atoms with Crippen LogP contribution in [0.15, 0.2) is 0 Å². The van der Waals surface area contributed by atoms with Crippen molar-refractivity contribution in [3.8, 4) is 6.07 Å². The second-order valence-electron chi connectivity index (χ2n) is 3.42. The summed E-state index contributed by atoms with van der Waals surface area (Å²) in [6, 6.07) is 2.26. The fraction of sp³-hybridized carbons (Fsp3) is 0.875. The van der Waals surface area contributed by atoms with Crippen LogP contribution in [0.2, 0.25) is 0 Å². The summed E-state index contributed by atoms with van der Waals surface area (Å²) in [5.41, 5.74) is 0. The number of nitriles is 1. The maximum Gasteiger partial charge on any atom is 0.151 e. The zero-order valence-corrected chi connectivity index (χ0v) is 8.55. The van der Waals surface area contributed by atoms with E-state index in [0.717, 1.165) is 0 Å². The van der Waals surface area contributed by atoms with Crippen molar-refractivity contribution in [2.75, 3.05) is 24.6 Å². The molecule has 1 fully saturated rings. The van der Waals surface area contributed by atoms with Crippen LogP contribution in [0.4, 0.5) is 0 Å². The van der Waals surface area contributed by atoms with Crippen LogP contribution in [-0.4, -0.2) is 44.0 Å². The van der Waals surface area contributed by atoms with Gasteiger partial charge < -0.3 is 0 Å². The van der Waals surface area contributed by atoms with Gasteiger partial charge in [0.15, 0.2) is 9.84 Å². The predicted molar refractivity (Wildman–Crippen MR) is 49.9 cm³/mol. The highest BCUT2D eigenvalue weighted by Crippen LogP contribution is 2.11. The van der Waals surface area contributed by atoms with Gasteiger partial charge in [0.05, 0.1) is 24.1 Å². The quantitative estimate of drug-likeness (QED) is 0.562. The van der Waals surface area contributed by atoms with Crippen molar-refractivity contribution >= 4 is 9.84 Å². The molecule has 4 nitrogen and oxygen atoms in total. The smallest absolute Gasteiger partial charge is 0.151 e. The Kier molecular flexibility index (Phi) is 3.28. The van der Waals surface area contributed by atoms with Gasteiger partial charge in [0.25, 0.3) is 0 Å². The van der Waals surface area contributed by atoms with E-state index in [-0.39, 0.29) is 17.5 Å². The van der Waals surface area contributed by atoms with E-state index < -0.39 is 9.84 Å². The van der Waals surface area contributed by atoms with Gasteiger partial charge in [-0.25, -0.2) is 8.42 Å². The number of sulfone groups is 1. The minimum atomic E-state index is -2.85. The molecule has 0 aromatic carbocycles. The molecule has 5 heteroatoms. The van der Waals surface area contributed by atoms with Gasteiger partial charge in [-0.15, -0.1) is 0 Å². The van der Waals surface area contributed by atoms with Crippen LogP contribution in [0.3, 0.4) is 0 Å². The second kappa shape index (κ2) is 4.07. The van der Waals surface area contributed by atoms with E-state index in [1.165, 1.54) is 0 Å². The standard InChI is InChI=1S/C8H14N2O2S/c1-8-2-6-13(11,12)7-5-10(8)4-3-9/h8H,2,4-7H2,1H3. The van der Waals surface area contributed by atoms with E-state index in [2.05, 4.69) is 6.07 Å². The molecule has 74 valence electrons. The molecule has 0 aliphatic carbocycles.